The molecule has 3 nitrogen and oxygen atoms in total. The molecule has 0 heterocycles. The largest absolute Gasteiger partial charge is 0.394 e. The Bertz CT molecular complexity index is 377. The molecule has 0 saturated heterocycles. The van der Waals surface area contributed by atoms with Crippen LogP contribution in [0, 0.1) is 18.3 Å². The third kappa shape index (κ3) is 1.92. The van der Waals surface area contributed by atoms with E-state index >= 15 is 0 Å². The molecule has 1 aromatic carbocycles. The van der Waals surface area contributed by atoms with Gasteiger partial charge < -0.3 is 10.8 Å². The molecule has 14 heavy (non-hydrogen) atoms. The first-order chi connectivity index (χ1) is 6.51. The molecule has 0 unspecified atom stereocenters. The molecule has 74 valence electrons. The van der Waals surface area contributed by atoms with E-state index in [1.807, 2.05) is 6.92 Å². The summed E-state index contributed by atoms with van der Waals surface area (Å²) in [6.07, 6.45) is 0. The molecule has 0 aromatic heterocycles. The molecule has 1 atom stereocenters. The molecule has 3 N–H and O–H groups in total. The summed E-state index contributed by atoms with van der Waals surface area (Å²) in [7, 11) is 0. The van der Waals surface area contributed by atoms with Crippen LogP contribution in [0.3, 0.4) is 0 Å². The fourth-order valence-corrected chi connectivity index (χ4v) is 1.46. The maximum atomic E-state index is 9.11. The summed E-state index contributed by atoms with van der Waals surface area (Å²) in [5.41, 5.74) is 7.58. The summed E-state index contributed by atoms with van der Waals surface area (Å²) < 4.78 is 0. The van der Waals surface area contributed by atoms with Crippen LogP contribution in [-0.2, 0) is 5.54 Å². The van der Waals surface area contributed by atoms with Gasteiger partial charge in [-0.2, -0.15) is 5.26 Å². The van der Waals surface area contributed by atoms with Crippen LogP contribution in [0.5, 0.6) is 0 Å². The summed E-state index contributed by atoms with van der Waals surface area (Å²) in [5.74, 6) is 0. The van der Waals surface area contributed by atoms with Crippen molar-refractivity contribution in [2.45, 2.75) is 19.4 Å². The molecule has 1 rings (SSSR count). The van der Waals surface area contributed by atoms with Crippen LogP contribution >= 0.6 is 0 Å². The average Bonchev–Trinajstić information content (AvgIpc) is 2.17. The van der Waals surface area contributed by atoms with Gasteiger partial charge in [-0.05, 0) is 37.1 Å². The second-order valence-electron chi connectivity index (χ2n) is 3.72. The molecular weight excluding hydrogens is 176 g/mol. The Morgan fingerprint density at radius 2 is 2.21 bits per heavy atom. The number of benzene rings is 1. The molecule has 0 aliphatic heterocycles. The van der Waals surface area contributed by atoms with Crippen LogP contribution in [0.2, 0.25) is 0 Å². The van der Waals surface area contributed by atoms with E-state index in [2.05, 4.69) is 6.07 Å². The third-order valence-electron chi connectivity index (χ3n) is 2.30. The molecule has 3 heteroatoms. The van der Waals surface area contributed by atoms with Crippen molar-refractivity contribution in [2.75, 3.05) is 6.61 Å². The summed E-state index contributed by atoms with van der Waals surface area (Å²) >= 11 is 0. The van der Waals surface area contributed by atoms with Gasteiger partial charge in [-0.1, -0.05) is 6.07 Å². The zero-order valence-corrected chi connectivity index (χ0v) is 8.41. The molecule has 0 bridgehead atoms. The lowest BCUT2D eigenvalue weighted by Crippen LogP contribution is -2.37. The Morgan fingerprint density at radius 3 is 2.64 bits per heavy atom. The van der Waals surface area contributed by atoms with E-state index in [1.54, 1.807) is 25.1 Å². The first-order valence-corrected chi connectivity index (χ1v) is 4.42. The van der Waals surface area contributed by atoms with Crippen molar-refractivity contribution in [3.8, 4) is 6.07 Å². The molecule has 0 aliphatic carbocycles. The number of aliphatic hydroxyl groups is 1. The topological polar surface area (TPSA) is 70.0 Å². The summed E-state index contributed by atoms with van der Waals surface area (Å²) in [6, 6.07) is 7.34. The first-order valence-electron chi connectivity index (χ1n) is 4.42. The first kappa shape index (κ1) is 10.7. The lowest BCUT2D eigenvalue weighted by Gasteiger charge is -2.24. The SMILES string of the molecule is Cc1cc(C#N)ccc1[C@](C)(N)CO. The monoisotopic (exact) mass is 190 g/mol. The Balaban J connectivity index is 3.20. The molecule has 0 fully saturated rings. The van der Waals surface area contributed by atoms with Crippen LogP contribution in [0.4, 0.5) is 0 Å². The highest BCUT2D eigenvalue weighted by atomic mass is 16.3. The number of aliphatic hydroxyl groups excluding tert-OH is 1. The van der Waals surface area contributed by atoms with Crippen molar-refractivity contribution in [2.24, 2.45) is 5.73 Å². The Kier molecular flexibility index (Phi) is 2.90. The van der Waals surface area contributed by atoms with E-state index in [0.717, 1.165) is 11.1 Å². The van der Waals surface area contributed by atoms with E-state index in [-0.39, 0.29) is 6.61 Å². The summed E-state index contributed by atoms with van der Waals surface area (Å²) in [5, 5.41) is 17.8. The number of hydrogen-bond acceptors (Lipinski definition) is 3. The normalized spacial score (nSPS) is 14.5. The van der Waals surface area contributed by atoms with Gasteiger partial charge in [0.05, 0.1) is 23.8 Å². The van der Waals surface area contributed by atoms with Crippen LogP contribution in [-0.4, -0.2) is 11.7 Å². The average molecular weight is 190 g/mol. The number of nitrogens with zero attached hydrogens (tertiary/aromatic N) is 1. The number of nitrogens with two attached hydrogens (primary N) is 1. The Morgan fingerprint density at radius 1 is 1.57 bits per heavy atom. The fraction of sp³-hybridized carbons (Fsp3) is 0.364. The molecule has 0 saturated carbocycles. The van der Waals surface area contributed by atoms with Crippen molar-refractivity contribution in [3.63, 3.8) is 0 Å². The van der Waals surface area contributed by atoms with Crippen LogP contribution in [0.1, 0.15) is 23.6 Å². The zero-order chi connectivity index (χ0) is 10.8. The lowest BCUT2D eigenvalue weighted by atomic mass is 9.89. The second-order valence-corrected chi connectivity index (χ2v) is 3.72. The van der Waals surface area contributed by atoms with Gasteiger partial charge in [-0.25, -0.2) is 0 Å². The molecule has 0 spiro atoms. The van der Waals surface area contributed by atoms with E-state index in [1.165, 1.54) is 0 Å². The number of nitriles is 1. The van der Waals surface area contributed by atoms with Crippen molar-refractivity contribution in [3.05, 3.63) is 34.9 Å². The summed E-state index contributed by atoms with van der Waals surface area (Å²) in [4.78, 5) is 0. The molecule has 0 aliphatic rings. The van der Waals surface area contributed by atoms with Gasteiger partial charge in [-0.15, -0.1) is 0 Å². The highest BCUT2D eigenvalue weighted by Crippen LogP contribution is 2.21. The predicted molar refractivity (Wildman–Crippen MR) is 54.5 cm³/mol. The van der Waals surface area contributed by atoms with Gasteiger partial charge in [0.15, 0.2) is 0 Å². The van der Waals surface area contributed by atoms with Gasteiger partial charge >= 0.3 is 0 Å². The van der Waals surface area contributed by atoms with Gasteiger partial charge in [0.1, 0.15) is 0 Å². The van der Waals surface area contributed by atoms with Crippen LogP contribution in [0.25, 0.3) is 0 Å². The van der Waals surface area contributed by atoms with Gasteiger partial charge in [0.2, 0.25) is 0 Å². The van der Waals surface area contributed by atoms with Gasteiger partial charge in [0, 0.05) is 0 Å². The quantitative estimate of drug-likeness (QED) is 0.731. The van der Waals surface area contributed by atoms with Crippen LogP contribution in [0.15, 0.2) is 18.2 Å². The minimum Gasteiger partial charge on any atom is -0.394 e. The Hall–Kier alpha value is -1.37. The highest BCUT2D eigenvalue weighted by Gasteiger charge is 2.21. The van der Waals surface area contributed by atoms with E-state index in [4.69, 9.17) is 16.1 Å². The van der Waals surface area contributed by atoms with Crippen molar-refractivity contribution in [1.82, 2.24) is 0 Å². The lowest BCUT2D eigenvalue weighted by molar-refractivity contribution is 0.209. The molecule has 1 aromatic rings. The van der Waals surface area contributed by atoms with E-state index in [0.29, 0.717) is 5.56 Å². The van der Waals surface area contributed by atoms with Crippen molar-refractivity contribution >= 4 is 0 Å². The third-order valence-corrected chi connectivity index (χ3v) is 2.30. The highest BCUT2D eigenvalue weighted by molar-refractivity contribution is 5.40. The van der Waals surface area contributed by atoms with E-state index < -0.39 is 5.54 Å². The molecular formula is C11H14N2O. The summed E-state index contributed by atoms with van der Waals surface area (Å²) in [6.45, 7) is 3.54. The smallest absolute Gasteiger partial charge is 0.0991 e. The fourth-order valence-electron chi connectivity index (χ4n) is 1.46. The minimum atomic E-state index is -0.738. The Labute approximate surface area is 83.8 Å². The minimum absolute atomic E-state index is 0.111. The van der Waals surface area contributed by atoms with Gasteiger partial charge in [0.25, 0.3) is 0 Å². The maximum absolute atomic E-state index is 9.11. The number of rotatable bonds is 2. The standard InChI is InChI=1S/C11H14N2O/c1-8-5-9(6-12)3-4-10(8)11(2,13)7-14/h3-5,14H,7,13H2,1-2H3/t11-/m1/s1. The number of aryl methyl sites for hydroxylation is 1. The van der Waals surface area contributed by atoms with Crippen LogP contribution < -0.4 is 5.73 Å². The van der Waals surface area contributed by atoms with Gasteiger partial charge in [-0.3, -0.25) is 0 Å². The maximum Gasteiger partial charge on any atom is 0.0991 e. The zero-order valence-electron chi connectivity index (χ0n) is 8.41. The van der Waals surface area contributed by atoms with E-state index in [9.17, 15) is 0 Å². The molecule has 0 radical (unpaired) electrons. The number of hydrogen-bond donors (Lipinski definition) is 2. The predicted octanol–water partition coefficient (Wildman–Crippen LogP) is 1.03. The second kappa shape index (κ2) is 3.79. The van der Waals surface area contributed by atoms with Crippen molar-refractivity contribution in [1.29, 1.82) is 5.26 Å². The van der Waals surface area contributed by atoms with Crippen molar-refractivity contribution < 1.29 is 5.11 Å². The molecule has 0 amide bonds.